The maximum absolute atomic E-state index is 4.37. The Morgan fingerprint density at radius 1 is 1.26 bits per heavy atom. The van der Waals surface area contributed by atoms with Crippen LogP contribution in [0.5, 0.6) is 0 Å². The molecule has 3 rings (SSSR count). The number of H-pyrrole nitrogens is 1. The van der Waals surface area contributed by atoms with Gasteiger partial charge in [-0.1, -0.05) is 0 Å². The number of thiophene rings is 1. The van der Waals surface area contributed by atoms with Gasteiger partial charge in [-0.25, -0.2) is 15.0 Å². The zero-order valence-corrected chi connectivity index (χ0v) is 11.9. The Kier molecular flexibility index (Phi) is 2.94. The number of nitrogens with zero attached hydrogens (tertiary/aromatic N) is 3. The lowest BCUT2D eigenvalue weighted by molar-refractivity contribution is 0.805. The Morgan fingerprint density at radius 3 is 2.84 bits per heavy atom. The largest absolute Gasteiger partial charge is 0.360 e. The third-order valence-electron chi connectivity index (χ3n) is 3.25. The normalized spacial score (nSPS) is 12.8. The zero-order chi connectivity index (χ0) is 13.4. The second kappa shape index (κ2) is 4.62. The van der Waals surface area contributed by atoms with Crippen LogP contribution in [0.15, 0.2) is 18.7 Å². The van der Waals surface area contributed by atoms with Crippen molar-refractivity contribution in [2.75, 3.05) is 5.32 Å². The van der Waals surface area contributed by atoms with Gasteiger partial charge < -0.3 is 10.3 Å². The van der Waals surface area contributed by atoms with E-state index in [4.69, 9.17) is 0 Å². The molecule has 0 saturated carbocycles. The van der Waals surface area contributed by atoms with E-state index in [0.717, 1.165) is 21.9 Å². The van der Waals surface area contributed by atoms with Crippen LogP contribution >= 0.6 is 11.3 Å². The SMILES string of the molecule is Cc1sc2ncnc(NC(C)c3ncc[nH]3)c2c1C. The summed E-state index contributed by atoms with van der Waals surface area (Å²) < 4.78 is 0. The second-order valence-electron chi connectivity index (χ2n) is 4.53. The first-order valence-corrected chi connectivity index (χ1v) is 6.95. The van der Waals surface area contributed by atoms with Gasteiger partial charge in [0.2, 0.25) is 0 Å². The molecule has 0 radical (unpaired) electrons. The average molecular weight is 273 g/mol. The highest BCUT2D eigenvalue weighted by Crippen LogP contribution is 2.33. The predicted molar refractivity (Wildman–Crippen MR) is 77.5 cm³/mol. The number of hydrogen-bond acceptors (Lipinski definition) is 5. The molecule has 6 heteroatoms. The maximum atomic E-state index is 4.37. The lowest BCUT2D eigenvalue weighted by Gasteiger charge is -2.13. The summed E-state index contributed by atoms with van der Waals surface area (Å²) in [5, 5.41) is 4.52. The minimum Gasteiger partial charge on any atom is -0.360 e. The quantitative estimate of drug-likeness (QED) is 0.769. The first kappa shape index (κ1) is 12.1. The summed E-state index contributed by atoms with van der Waals surface area (Å²) in [4.78, 5) is 18.4. The van der Waals surface area contributed by atoms with Crippen LogP contribution in [0.3, 0.4) is 0 Å². The van der Waals surface area contributed by atoms with Gasteiger partial charge in [-0.3, -0.25) is 0 Å². The van der Waals surface area contributed by atoms with Gasteiger partial charge in [0.25, 0.3) is 0 Å². The van der Waals surface area contributed by atoms with Crippen molar-refractivity contribution in [2.24, 2.45) is 0 Å². The van der Waals surface area contributed by atoms with Crippen molar-refractivity contribution in [2.45, 2.75) is 26.8 Å². The molecule has 0 aromatic carbocycles. The van der Waals surface area contributed by atoms with E-state index < -0.39 is 0 Å². The molecule has 3 aromatic rings. The number of rotatable bonds is 3. The minimum atomic E-state index is 0.0766. The molecule has 3 heterocycles. The third-order valence-corrected chi connectivity index (χ3v) is 4.36. The van der Waals surface area contributed by atoms with Gasteiger partial charge in [-0.05, 0) is 26.3 Å². The van der Waals surface area contributed by atoms with Crippen molar-refractivity contribution in [1.82, 2.24) is 19.9 Å². The van der Waals surface area contributed by atoms with Crippen molar-refractivity contribution < 1.29 is 0 Å². The van der Waals surface area contributed by atoms with Crippen LogP contribution in [0.4, 0.5) is 5.82 Å². The van der Waals surface area contributed by atoms with E-state index in [0.29, 0.717) is 0 Å². The molecule has 0 fully saturated rings. The lowest BCUT2D eigenvalue weighted by atomic mass is 10.2. The summed E-state index contributed by atoms with van der Waals surface area (Å²) in [6.07, 6.45) is 5.18. The van der Waals surface area contributed by atoms with Gasteiger partial charge in [0, 0.05) is 17.3 Å². The van der Waals surface area contributed by atoms with E-state index in [1.807, 2.05) is 6.20 Å². The fourth-order valence-electron chi connectivity index (χ4n) is 2.08. The van der Waals surface area contributed by atoms with E-state index in [9.17, 15) is 0 Å². The van der Waals surface area contributed by atoms with Crippen LogP contribution in [0.1, 0.15) is 29.2 Å². The van der Waals surface area contributed by atoms with Gasteiger partial charge in [0.1, 0.15) is 22.8 Å². The van der Waals surface area contributed by atoms with E-state index in [-0.39, 0.29) is 6.04 Å². The summed E-state index contributed by atoms with van der Waals surface area (Å²) in [6, 6.07) is 0.0766. The van der Waals surface area contributed by atoms with E-state index in [1.54, 1.807) is 23.9 Å². The smallest absolute Gasteiger partial charge is 0.139 e. The number of fused-ring (bicyclic) bond motifs is 1. The maximum Gasteiger partial charge on any atom is 0.139 e. The average Bonchev–Trinajstić information content (AvgIpc) is 3.00. The van der Waals surface area contributed by atoms with Crippen molar-refractivity contribution in [3.05, 3.63) is 35.0 Å². The fourth-order valence-corrected chi connectivity index (χ4v) is 3.08. The molecule has 0 aliphatic heterocycles. The van der Waals surface area contributed by atoms with E-state index >= 15 is 0 Å². The van der Waals surface area contributed by atoms with Crippen LogP contribution < -0.4 is 5.32 Å². The lowest BCUT2D eigenvalue weighted by Crippen LogP contribution is -2.10. The van der Waals surface area contributed by atoms with Crippen molar-refractivity contribution >= 4 is 27.4 Å². The van der Waals surface area contributed by atoms with Gasteiger partial charge in [-0.2, -0.15) is 0 Å². The standard InChI is InChI=1S/C13H15N5S/c1-7-9(3)19-13-10(7)12(16-6-17-13)18-8(2)11-14-4-5-15-11/h4-6,8H,1-3H3,(H,14,15)(H,16,17,18). The summed E-state index contributed by atoms with van der Waals surface area (Å²) in [5.41, 5.74) is 1.25. The van der Waals surface area contributed by atoms with E-state index in [1.165, 1.54) is 10.4 Å². The number of nitrogens with one attached hydrogen (secondary N) is 2. The second-order valence-corrected chi connectivity index (χ2v) is 5.73. The van der Waals surface area contributed by atoms with Crippen LogP contribution in [0.25, 0.3) is 10.2 Å². The molecule has 3 aromatic heterocycles. The van der Waals surface area contributed by atoms with Gasteiger partial charge >= 0.3 is 0 Å². The Balaban J connectivity index is 2.01. The molecular formula is C13H15N5S. The third kappa shape index (κ3) is 2.08. The molecule has 0 aliphatic carbocycles. The number of aromatic amines is 1. The van der Waals surface area contributed by atoms with Crippen molar-refractivity contribution in [3.63, 3.8) is 0 Å². The molecule has 0 bridgehead atoms. The minimum absolute atomic E-state index is 0.0766. The number of aromatic nitrogens is 4. The predicted octanol–water partition coefficient (Wildman–Crippen LogP) is 3.20. The Labute approximate surface area is 115 Å². The highest BCUT2D eigenvalue weighted by atomic mass is 32.1. The molecule has 0 aliphatic rings. The van der Waals surface area contributed by atoms with Crippen LogP contribution in [0, 0.1) is 13.8 Å². The van der Waals surface area contributed by atoms with Gasteiger partial charge in [0.05, 0.1) is 11.4 Å². The highest BCUT2D eigenvalue weighted by molar-refractivity contribution is 7.18. The molecule has 0 saturated heterocycles. The molecular weight excluding hydrogens is 258 g/mol. The molecule has 5 nitrogen and oxygen atoms in total. The molecule has 1 atom stereocenters. The molecule has 98 valence electrons. The molecule has 0 amide bonds. The fraction of sp³-hybridized carbons (Fsp3) is 0.308. The number of aryl methyl sites for hydroxylation is 2. The summed E-state index contributed by atoms with van der Waals surface area (Å²) >= 11 is 1.70. The molecule has 19 heavy (non-hydrogen) atoms. The van der Waals surface area contributed by atoms with Gasteiger partial charge in [-0.15, -0.1) is 11.3 Å². The monoisotopic (exact) mass is 273 g/mol. The number of hydrogen-bond donors (Lipinski definition) is 2. The zero-order valence-electron chi connectivity index (χ0n) is 11.1. The summed E-state index contributed by atoms with van der Waals surface area (Å²) in [6.45, 7) is 6.28. The van der Waals surface area contributed by atoms with E-state index in [2.05, 4.69) is 46.0 Å². The van der Waals surface area contributed by atoms with Crippen LogP contribution in [-0.2, 0) is 0 Å². The number of imidazole rings is 1. The van der Waals surface area contributed by atoms with Gasteiger partial charge in [0.15, 0.2) is 0 Å². The van der Waals surface area contributed by atoms with Crippen LogP contribution in [0.2, 0.25) is 0 Å². The first-order valence-electron chi connectivity index (χ1n) is 6.13. The molecule has 2 N–H and O–H groups in total. The Bertz CT molecular complexity index is 701. The molecule has 0 spiro atoms. The number of anilines is 1. The Hall–Kier alpha value is -1.95. The molecule has 1 unspecified atom stereocenters. The van der Waals surface area contributed by atoms with Crippen molar-refractivity contribution in [3.8, 4) is 0 Å². The Morgan fingerprint density at radius 2 is 2.11 bits per heavy atom. The summed E-state index contributed by atoms with van der Waals surface area (Å²) in [7, 11) is 0. The first-order chi connectivity index (χ1) is 9.16. The highest BCUT2D eigenvalue weighted by Gasteiger charge is 2.15. The van der Waals surface area contributed by atoms with Crippen molar-refractivity contribution in [1.29, 1.82) is 0 Å². The topological polar surface area (TPSA) is 66.5 Å². The van der Waals surface area contributed by atoms with Crippen LogP contribution in [-0.4, -0.2) is 19.9 Å². The summed E-state index contributed by atoms with van der Waals surface area (Å²) in [5.74, 6) is 1.77.